The SMILES string of the molecule is CC(C)CN1CC(C)CC(N)C1. The van der Waals surface area contributed by atoms with Crippen LogP contribution in [0.25, 0.3) is 0 Å². The number of nitrogens with two attached hydrogens (primary N) is 1. The molecule has 0 aromatic rings. The molecule has 2 heteroatoms. The van der Waals surface area contributed by atoms with Gasteiger partial charge in [-0.2, -0.15) is 0 Å². The van der Waals surface area contributed by atoms with E-state index in [-0.39, 0.29) is 0 Å². The van der Waals surface area contributed by atoms with Crippen LogP contribution in [0.4, 0.5) is 0 Å². The smallest absolute Gasteiger partial charge is 0.0170 e. The second kappa shape index (κ2) is 4.24. The van der Waals surface area contributed by atoms with Crippen LogP contribution in [0.15, 0.2) is 0 Å². The van der Waals surface area contributed by atoms with Gasteiger partial charge in [0.2, 0.25) is 0 Å². The van der Waals surface area contributed by atoms with Gasteiger partial charge in [-0.1, -0.05) is 20.8 Å². The Balaban J connectivity index is 2.34. The van der Waals surface area contributed by atoms with E-state index in [0.29, 0.717) is 6.04 Å². The maximum absolute atomic E-state index is 5.95. The lowest BCUT2D eigenvalue weighted by atomic mass is 9.96. The Bertz CT molecular complexity index is 121. The van der Waals surface area contributed by atoms with E-state index in [1.807, 2.05) is 0 Å². The molecule has 0 amide bonds. The van der Waals surface area contributed by atoms with Gasteiger partial charge in [-0.3, -0.25) is 0 Å². The first kappa shape index (κ1) is 10.0. The van der Waals surface area contributed by atoms with Crippen LogP contribution in [0.2, 0.25) is 0 Å². The maximum atomic E-state index is 5.95. The lowest BCUT2D eigenvalue weighted by molar-refractivity contribution is 0.150. The lowest BCUT2D eigenvalue weighted by Crippen LogP contribution is -2.47. The Morgan fingerprint density at radius 3 is 2.58 bits per heavy atom. The van der Waals surface area contributed by atoms with Crippen molar-refractivity contribution in [2.75, 3.05) is 19.6 Å². The van der Waals surface area contributed by atoms with Crippen molar-refractivity contribution < 1.29 is 0 Å². The van der Waals surface area contributed by atoms with Crippen molar-refractivity contribution in [2.45, 2.75) is 33.2 Å². The van der Waals surface area contributed by atoms with E-state index in [2.05, 4.69) is 25.7 Å². The molecule has 2 N–H and O–H groups in total. The maximum Gasteiger partial charge on any atom is 0.0170 e. The summed E-state index contributed by atoms with van der Waals surface area (Å²) in [7, 11) is 0. The molecule has 0 saturated carbocycles. The van der Waals surface area contributed by atoms with Gasteiger partial charge in [0.05, 0.1) is 0 Å². The predicted molar refractivity (Wildman–Crippen MR) is 53.0 cm³/mol. The van der Waals surface area contributed by atoms with Gasteiger partial charge in [-0.25, -0.2) is 0 Å². The predicted octanol–water partition coefficient (Wildman–Crippen LogP) is 1.31. The fraction of sp³-hybridized carbons (Fsp3) is 1.00. The highest BCUT2D eigenvalue weighted by Gasteiger charge is 2.21. The lowest BCUT2D eigenvalue weighted by Gasteiger charge is -2.35. The van der Waals surface area contributed by atoms with Crippen LogP contribution in [0.3, 0.4) is 0 Å². The average Bonchev–Trinajstić information content (AvgIpc) is 1.81. The highest BCUT2D eigenvalue weighted by atomic mass is 15.1. The standard InChI is InChI=1S/C10H22N2/c1-8(2)5-12-6-9(3)4-10(11)7-12/h8-10H,4-7,11H2,1-3H3. The fourth-order valence-corrected chi connectivity index (χ4v) is 2.18. The third-order valence-electron chi connectivity index (χ3n) is 2.39. The highest BCUT2D eigenvalue weighted by Crippen LogP contribution is 2.15. The summed E-state index contributed by atoms with van der Waals surface area (Å²) in [6, 6.07) is 0.410. The van der Waals surface area contributed by atoms with Crippen molar-refractivity contribution >= 4 is 0 Å². The zero-order chi connectivity index (χ0) is 9.14. The quantitative estimate of drug-likeness (QED) is 0.677. The first-order valence-corrected chi connectivity index (χ1v) is 5.06. The minimum Gasteiger partial charge on any atom is -0.327 e. The molecule has 0 spiro atoms. The van der Waals surface area contributed by atoms with Gasteiger partial charge in [0.25, 0.3) is 0 Å². The minimum atomic E-state index is 0.410. The highest BCUT2D eigenvalue weighted by molar-refractivity contribution is 4.79. The van der Waals surface area contributed by atoms with Gasteiger partial charge in [0.1, 0.15) is 0 Å². The van der Waals surface area contributed by atoms with Crippen molar-refractivity contribution in [1.82, 2.24) is 4.90 Å². The number of piperidine rings is 1. The van der Waals surface area contributed by atoms with E-state index in [1.54, 1.807) is 0 Å². The first-order chi connectivity index (χ1) is 5.58. The van der Waals surface area contributed by atoms with Gasteiger partial charge in [0.15, 0.2) is 0 Å². The fourth-order valence-electron chi connectivity index (χ4n) is 2.18. The van der Waals surface area contributed by atoms with E-state index in [0.717, 1.165) is 18.4 Å². The molecule has 2 nitrogen and oxygen atoms in total. The Labute approximate surface area is 76.1 Å². The molecule has 0 aromatic carbocycles. The van der Waals surface area contributed by atoms with Crippen LogP contribution in [0, 0.1) is 11.8 Å². The molecular formula is C10H22N2. The summed E-state index contributed by atoms with van der Waals surface area (Å²) >= 11 is 0. The number of likely N-dealkylation sites (tertiary alicyclic amines) is 1. The zero-order valence-electron chi connectivity index (χ0n) is 8.59. The Morgan fingerprint density at radius 2 is 2.08 bits per heavy atom. The van der Waals surface area contributed by atoms with Gasteiger partial charge in [-0.05, 0) is 18.3 Å². The molecule has 12 heavy (non-hydrogen) atoms. The summed E-state index contributed by atoms with van der Waals surface area (Å²) in [5, 5.41) is 0. The Hall–Kier alpha value is -0.0800. The van der Waals surface area contributed by atoms with Crippen LogP contribution in [-0.4, -0.2) is 30.6 Å². The number of nitrogens with zero attached hydrogens (tertiary/aromatic N) is 1. The molecule has 1 aliphatic heterocycles. The molecule has 0 radical (unpaired) electrons. The van der Waals surface area contributed by atoms with E-state index in [4.69, 9.17) is 5.73 Å². The summed E-state index contributed by atoms with van der Waals surface area (Å²) in [6.07, 6.45) is 1.20. The van der Waals surface area contributed by atoms with Crippen LogP contribution in [0.1, 0.15) is 27.2 Å². The molecular weight excluding hydrogens is 148 g/mol. The monoisotopic (exact) mass is 170 g/mol. The summed E-state index contributed by atoms with van der Waals surface area (Å²) in [5.41, 5.74) is 5.95. The third-order valence-corrected chi connectivity index (χ3v) is 2.39. The van der Waals surface area contributed by atoms with E-state index >= 15 is 0 Å². The van der Waals surface area contributed by atoms with Crippen molar-refractivity contribution in [3.05, 3.63) is 0 Å². The summed E-state index contributed by atoms with van der Waals surface area (Å²) in [4.78, 5) is 2.50. The topological polar surface area (TPSA) is 29.3 Å². The molecule has 0 bridgehead atoms. The summed E-state index contributed by atoms with van der Waals surface area (Å²) in [5.74, 6) is 1.55. The molecule has 2 atom stereocenters. The van der Waals surface area contributed by atoms with Crippen LogP contribution in [0.5, 0.6) is 0 Å². The Kier molecular flexibility index (Phi) is 3.53. The molecule has 1 heterocycles. The molecule has 0 aromatic heterocycles. The summed E-state index contributed by atoms with van der Waals surface area (Å²) in [6.45, 7) is 10.4. The number of rotatable bonds is 2. The van der Waals surface area contributed by atoms with E-state index in [1.165, 1.54) is 19.5 Å². The van der Waals surface area contributed by atoms with E-state index in [9.17, 15) is 0 Å². The van der Waals surface area contributed by atoms with Crippen LogP contribution < -0.4 is 5.73 Å². The molecule has 1 aliphatic rings. The first-order valence-electron chi connectivity index (χ1n) is 5.06. The molecule has 72 valence electrons. The van der Waals surface area contributed by atoms with Crippen molar-refractivity contribution in [2.24, 2.45) is 17.6 Å². The molecule has 1 rings (SSSR count). The molecule has 2 unspecified atom stereocenters. The van der Waals surface area contributed by atoms with Gasteiger partial charge < -0.3 is 10.6 Å². The van der Waals surface area contributed by atoms with E-state index < -0.39 is 0 Å². The van der Waals surface area contributed by atoms with Gasteiger partial charge in [-0.15, -0.1) is 0 Å². The second-order valence-corrected chi connectivity index (χ2v) is 4.71. The second-order valence-electron chi connectivity index (χ2n) is 4.71. The molecule has 1 saturated heterocycles. The van der Waals surface area contributed by atoms with Gasteiger partial charge >= 0.3 is 0 Å². The normalized spacial score (nSPS) is 32.8. The molecule has 1 fully saturated rings. The molecule has 0 aliphatic carbocycles. The minimum absolute atomic E-state index is 0.410. The largest absolute Gasteiger partial charge is 0.327 e. The van der Waals surface area contributed by atoms with Crippen molar-refractivity contribution in [3.63, 3.8) is 0 Å². The summed E-state index contributed by atoms with van der Waals surface area (Å²) < 4.78 is 0. The van der Waals surface area contributed by atoms with Crippen molar-refractivity contribution in [3.8, 4) is 0 Å². The van der Waals surface area contributed by atoms with Crippen molar-refractivity contribution in [1.29, 1.82) is 0 Å². The average molecular weight is 170 g/mol. The zero-order valence-corrected chi connectivity index (χ0v) is 8.59. The number of hydrogen-bond acceptors (Lipinski definition) is 2. The number of hydrogen-bond donors (Lipinski definition) is 1. The van der Waals surface area contributed by atoms with Crippen LogP contribution >= 0.6 is 0 Å². The Morgan fingerprint density at radius 1 is 1.42 bits per heavy atom. The van der Waals surface area contributed by atoms with Crippen LogP contribution in [-0.2, 0) is 0 Å². The van der Waals surface area contributed by atoms with Gasteiger partial charge in [0, 0.05) is 25.7 Å². The third kappa shape index (κ3) is 3.11.